The summed E-state index contributed by atoms with van der Waals surface area (Å²) in [6, 6.07) is 3.34. The molecule has 0 radical (unpaired) electrons. The largest absolute Gasteiger partial charge is 0.294 e. The minimum Gasteiger partial charge on any atom is -0.282 e. The topological polar surface area (TPSA) is 54.4 Å². The van der Waals surface area contributed by atoms with Crippen LogP contribution in [0.4, 0.5) is 0 Å². The summed E-state index contributed by atoms with van der Waals surface area (Å²) < 4.78 is 32.9. The van der Waals surface area contributed by atoms with Gasteiger partial charge in [-0.15, -0.1) is 0 Å². The fraction of sp³-hybridized carbons (Fsp3) is 0.647. The van der Waals surface area contributed by atoms with Crippen LogP contribution in [0, 0.1) is 19.8 Å². The van der Waals surface area contributed by atoms with Crippen LogP contribution in [0.15, 0.2) is 17.0 Å². The van der Waals surface area contributed by atoms with Crippen molar-refractivity contribution in [3.05, 3.63) is 28.8 Å². The van der Waals surface area contributed by atoms with E-state index in [0.29, 0.717) is 0 Å². The maximum Gasteiger partial charge on any atom is 0.294 e. The highest BCUT2D eigenvalue weighted by atomic mass is 32.2. The molecular weight excluding hydrogens is 284 g/mol. The molecule has 0 saturated heterocycles. The van der Waals surface area contributed by atoms with E-state index in [4.69, 9.17) is 0 Å². The van der Waals surface area contributed by atoms with Crippen molar-refractivity contribution in [1.29, 1.82) is 0 Å². The highest BCUT2D eigenvalue weighted by Gasteiger charge is 2.28. The van der Waals surface area contributed by atoms with Crippen molar-refractivity contribution in [2.75, 3.05) is 0 Å². The first-order chi connectivity index (χ1) is 9.84. The van der Waals surface area contributed by atoms with E-state index in [9.17, 15) is 13.0 Å². The molecule has 1 aliphatic rings. The Morgan fingerprint density at radius 1 is 1.14 bits per heavy atom. The fourth-order valence-corrected chi connectivity index (χ4v) is 4.53. The normalized spacial score (nSPS) is 23.2. The first-order valence-corrected chi connectivity index (χ1v) is 9.36. The molecule has 1 N–H and O–H groups in total. The molecule has 4 heteroatoms. The van der Waals surface area contributed by atoms with E-state index < -0.39 is 10.1 Å². The van der Waals surface area contributed by atoms with Crippen molar-refractivity contribution >= 4 is 10.1 Å². The SMILES string of the molecule is CCC[C@H]1CC[C@H](c2c(S(=O)(=O)O)ccc(C)c2C)CC1. The van der Waals surface area contributed by atoms with Crippen LogP contribution < -0.4 is 0 Å². The van der Waals surface area contributed by atoms with Crippen LogP contribution >= 0.6 is 0 Å². The number of hydrogen-bond acceptors (Lipinski definition) is 2. The Bertz CT molecular complexity index is 597. The van der Waals surface area contributed by atoms with Gasteiger partial charge in [0.05, 0.1) is 4.90 Å². The van der Waals surface area contributed by atoms with Gasteiger partial charge >= 0.3 is 0 Å². The van der Waals surface area contributed by atoms with Crippen molar-refractivity contribution in [3.8, 4) is 0 Å². The fourth-order valence-electron chi connectivity index (χ4n) is 3.69. The second-order valence-electron chi connectivity index (χ2n) is 6.40. The summed E-state index contributed by atoms with van der Waals surface area (Å²) in [7, 11) is -4.15. The van der Waals surface area contributed by atoms with Gasteiger partial charge in [0.2, 0.25) is 0 Å². The third-order valence-electron chi connectivity index (χ3n) is 4.98. The van der Waals surface area contributed by atoms with Crippen molar-refractivity contribution < 1.29 is 13.0 Å². The van der Waals surface area contributed by atoms with Gasteiger partial charge in [0, 0.05) is 0 Å². The molecule has 0 atom stereocenters. The number of rotatable bonds is 4. The van der Waals surface area contributed by atoms with Gasteiger partial charge in [-0.1, -0.05) is 25.8 Å². The number of aryl methyl sites for hydroxylation is 1. The van der Waals surface area contributed by atoms with Crippen molar-refractivity contribution in [3.63, 3.8) is 0 Å². The third kappa shape index (κ3) is 3.67. The van der Waals surface area contributed by atoms with Crippen LogP contribution in [0.2, 0.25) is 0 Å². The summed E-state index contributed by atoms with van der Waals surface area (Å²) in [6.45, 7) is 6.18. The summed E-state index contributed by atoms with van der Waals surface area (Å²) in [6.07, 6.45) is 6.86. The molecule has 0 amide bonds. The second-order valence-corrected chi connectivity index (χ2v) is 7.79. The average molecular weight is 310 g/mol. The zero-order valence-electron chi connectivity index (χ0n) is 13.2. The van der Waals surface area contributed by atoms with Crippen LogP contribution in [0.25, 0.3) is 0 Å². The lowest BCUT2D eigenvalue weighted by atomic mass is 9.76. The maximum absolute atomic E-state index is 11.7. The van der Waals surface area contributed by atoms with Crippen LogP contribution in [0.1, 0.15) is 68.1 Å². The molecule has 0 aliphatic heterocycles. The van der Waals surface area contributed by atoms with Crippen molar-refractivity contribution in [1.82, 2.24) is 0 Å². The molecule has 0 spiro atoms. The lowest BCUT2D eigenvalue weighted by Gasteiger charge is -2.30. The minimum absolute atomic E-state index is 0.115. The molecule has 0 aromatic heterocycles. The Morgan fingerprint density at radius 3 is 2.29 bits per heavy atom. The van der Waals surface area contributed by atoms with Crippen LogP contribution in [0.5, 0.6) is 0 Å². The van der Waals surface area contributed by atoms with Gasteiger partial charge in [-0.05, 0) is 74.1 Å². The van der Waals surface area contributed by atoms with Gasteiger partial charge in [-0.2, -0.15) is 8.42 Å². The Balaban J connectivity index is 2.34. The summed E-state index contributed by atoms with van der Waals surface area (Å²) >= 11 is 0. The van der Waals surface area contributed by atoms with Crippen molar-refractivity contribution in [2.45, 2.75) is 70.1 Å². The standard InChI is InChI=1S/C17H26O3S/c1-4-5-14-7-9-15(10-8-14)17-13(3)12(2)6-11-16(17)21(18,19)20/h6,11,14-15H,4-5,7-10H2,1-3H3,(H,18,19,20)/t14-,15-. The first kappa shape index (κ1) is 16.5. The molecule has 0 heterocycles. The number of benzene rings is 1. The van der Waals surface area contributed by atoms with Crippen LogP contribution in [-0.4, -0.2) is 13.0 Å². The summed E-state index contributed by atoms with van der Waals surface area (Å²) in [5.74, 6) is 1.04. The predicted molar refractivity (Wildman–Crippen MR) is 85.3 cm³/mol. The highest BCUT2D eigenvalue weighted by molar-refractivity contribution is 7.85. The molecule has 1 aromatic carbocycles. The molecule has 1 aromatic rings. The zero-order chi connectivity index (χ0) is 15.6. The molecule has 21 heavy (non-hydrogen) atoms. The van der Waals surface area contributed by atoms with E-state index in [0.717, 1.165) is 48.3 Å². The Kier molecular flexibility index (Phi) is 5.10. The molecule has 3 nitrogen and oxygen atoms in total. The summed E-state index contributed by atoms with van der Waals surface area (Å²) in [5, 5.41) is 0. The molecule has 1 fully saturated rings. The minimum atomic E-state index is -4.15. The number of hydrogen-bond donors (Lipinski definition) is 1. The van der Waals surface area contributed by atoms with E-state index in [1.807, 2.05) is 13.8 Å². The monoisotopic (exact) mass is 310 g/mol. The first-order valence-electron chi connectivity index (χ1n) is 7.92. The van der Waals surface area contributed by atoms with Gasteiger partial charge < -0.3 is 0 Å². The Labute approximate surface area is 128 Å². The van der Waals surface area contributed by atoms with Gasteiger partial charge in [0.15, 0.2) is 0 Å². The van der Waals surface area contributed by atoms with E-state index in [1.54, 1.807) is 12.1 Å². The van der Waals surface area contributed by atoms with Gasteiger partial charge in [0.1, 0.15) is 0 Å². The van der Waals surface area contributed by atoms with E-state index in [1.165, 1.54) is 12.8 Å². The molecule has 0 bridgehead atoms. The molecule has 118 valence electrons. The highest BCUT2D eigenvalue weighted by Crippen LogP contribution is 2.41. The molecule has 1 saturated carbocycles. The smallest absolute Gasteiger partial charge is 0.282 e. The van der Waals surface area contributed by atoms with Crippen LogP contribution in [0.3, 0.4) is 0 Å². The van der Waals surface area contributed by atoms with Crippen molar-refractivity contribution in [2.24, 2.45) is 5.92 Å². The van der Waals surface area contributed by atoms with E-state index >= 15 is 0 Å². The molecule has 1 aliphatic carbocycles. The third-order valence-corrected chi connectivity index (χ3v) is 5.89. The second kappa shape index (κ2) is 6.49. The van der Waals surface area contributed by atoms with Crippen LogP contribution in [-0.2, 0) is 10.1 Å². The summed E-state index contributed by atoms with van der Waals surface area (Å²) in [5.41, 5.74) is 2.96. The lowest BCUT2D eigenvalue weighted by molar-refractivity contribution is 0.305. The van der Waals surface area contributed by atoms with E-state index in [2.05, 4.69) is 6.92 Å². The molecule has 0 unspecified atom stereocenters. The average Bonchev–Trinajstić information content (AvgIpc) is 2.42. The molecule has 2 rings (SSSR count). The Hall–Kier alpha value is -0.870. The predicted octanol–water partition coefficient (Wildman–Crippen LogP) is 4.62. The summed E-state index contributed by atoms with van der Waals surface area (Å²) in [4.78, 5) is 0.115. The van der Waals surface area contributed by atoms with Gasteiger partial charge in [-0.25, -0.2) is 0 Å². The lowest BCUT2D eigenvalue weighted by Crippen LogP contribution is -2.17. The van der Waals surface area contributed by atoms with Gasteiger partial charge in [-0.3, -0.25) is 4.55 Å². The van der Waals surface area contributed by atoms with E-state index in [-0.39, 0.29) is 10.8 Å². The molecular formula is C17H26O3S. The van der Waals surface area contributed by atoms with Gasteiger partial charge in [0.25, 0.3) is 10.1 Å². The maximum atomic E-state index is 11.7. The Morgan fingerprint density at radius 2 is 1.76 bits per heavy atom. The quantitative estimate of drug-likeness (QED) is 0.825. The zero-order valence-corrected chi connectivity index (χ0v) is 14.0.